The fraction of sp³-hybridized carbons (Fsp3) is 0.393. The molecule has 4 rings (SSSR count). The first-order chi connectivity index (χ1) is 16.0. The average Bonchev–Trinajstić information content (AvgIpc) is 2.84. The van der Waals surface area contributed by atoms with Gasteiger partial charge >= 0.3 is 0 Å². The van der Waals surface area contributed by atoms with Crippen LogP contribution in [0.5, 0.6) is 0 Å². The standard InChI is InChI=1S/C28H35N3O2/c1-4-25(31-14-16-33-17-15-31)19-29-28(32)24-12-13-27-23(18-24)6-5-7-26(27)22-10-8-21(9-11-22)20-30(2)3/h5-13,18,25H,4,14-17,19-20H2,1-3H3,(H,29,32). The number of fused-ring (bicyclic) bond motifs is 1. The van der Waals surface area contributed by atoms with Crippen molar-refractivity contribution in [3.8, 4) is 11.1 Å². The van der Waals surface area contributed by atoms with Crippen molar-refractivity contribution in [1.82, 2.24) is 15.1 Å². The van der Waals surface area contributed by atoms with Gasteiger partial charge in [0.05, 0.1) is 13.2 Å². The molecule has 1 unspecified atom stereocenters. The lowest BCUT2D eigenvalue weighted by Gasteiger charge is -2.34. The first kappa shape index (κ1) is 23.4. The van der Waals surface area contributed by atoms with Crippen molar-refractivity contribution in [2.45, 2.75) is 25.9 Å². The molecule has 0 bridgehead atoms. The van der Waals surface area contributed by atoms with Gasteiger partial charge < -0.3 is 15.0 Å². The number of rotatable bonds is 8. The largest absolute Gasteiger partial charge is 0.379 e. The summed E-state index contributed by atoms with van der Waals surface area (Å²) in [6.07, 6.45) is 1.01. The maximum absolute atomic E-state index is 12.9. The van der Waals surface area contributed by atoms with Crippen LogP contribution in [0.25, 0.3) is 21.9 Å². The Kier molecular flexibility index (Phi) is 7.76. The number of amides is 1. The number of hydrogen-bond donors (Lipinski definition) is 1. The maximum atomic E-state index is 12.9. The third kappa shape index (κ3) is 5.80. The third-order valence-electron chi connectivity index (χ3n) is 6.44. The number of ether oxygens (including phenoxy) is 1. The molecule has 1 heterocycles. The zero-order valence-corrected chi connectivity index (χ0v) is 20.0. The predicted octanol–water partition coefficient (Wildman–Crippen LogP) is 4.41. The van der Waals surface area contributed by atoms with Gasteiger partial charge in [-0.25, -0.2) is 0 Å². The third-order valence-corrected chi connectivity index (χ3v) is 6.44. The molecule has 0 radical (unpaired) electrons. The second-order valence-corrected chi connectivity index (χ2v) is 9.10. The van der Waals surface area contributed by atoms with Crippen molar-refractivity contribution in [1.29, 1.82) is 0 Å². The smallest absolute Gasteiger partial charge is 0.251 e. The summed E-state index contributed by atoms with van der Waals surface area (Å²) in [7, 11) is 4.16. The van der Waals surface area contributed by atoms with Gasteiger partial charge in [-0.2, -0.15) is 0 Å². The van der Waals surface area contributed by atoms with E-state index in [1.807, 2.05) is 12.1 Å². The summed E-state index contributed by atoms with van der Waals surface area (Å²) in [4.78, 5) is 17.5. The van der Waals surface area contributed by atoms with Crippen LogP contribution in [0.3, 0.4) is 0 Å². The summed E-state index contributed by atoms with van der Waals surface area (Å²) in [5, 5.41) is 5.40. The van der Waals surface area contributed by atoms with Gasteiger partial charge in [-0.1, -0.05) is 55.5 Å². The molecular weight excluding hydrogens is 410 g/mol. The highest BCUT2D eigenvalue weighted by atomic mass is 16.5. The number of carbonyl (C=O) groups is 1. The number of morpholine rings is 1. The van der Waals surface area contributed by atoms with Crippen molar-refractivity contribution < 1.29 is 9.53 Å². The molecule has 0 saturated carbocycles. The molecular formula is C28H35N3O2. The van der Waals surface area contributed by atoms with Crippen LogP contribution < -0.4 is 5.32 Å². The van der Waals surface area contributed by atoms with E-state index in [0.717, 1.165) is 50.0 Å². The van der Waals surface area contributed by atoms with E-state index in [2.05, 4.69) is 84.7 Å². The lowest BCUT2D eigenvalue weighted by molar-refractivity contribution is 0.0159. The molecule has 0 aromatic heterocycles. The number of hydrogen-bond acceptors (Lipinski definition) is 4. The molecule has 0 spiro atoms. The molecule has 1 aliphatic rings. The fourth-order valence-electron chi connectivity index (χ4n) is 4.62. The summed E-state index contributed by atoms with van der Waals surface area (Å²) < 4.78 is 5.46. The molecule has 174 valence electrons. The van der Waals surface area contributed by atoms with Crippen molar-refractivity contribution >= 4 is 16.7 Å². The first-order valence-electron chi connectivity index (χ1n) is 11.9. The van der Waals surface area contributed by atoms with E-state index in [1.54, 1.807) is 0 Å². The predicted molar refractivity (Wildman–Crippen MR) is 136 cm³/mol. The molecule has 3 aromatic rings. The molecule has 1 amide bonds. The van der Waals surface area contributed by atoms with Crippen molar-refractivity contribution in [3.05, 3.63) is 71.8 Å². The van der Waals surface area contributed by atoms with Crippen LogP contribution in [0.15, 0.2) is 60.7 Å². The molecule has 3 aromatic carbocycles. The Balaban J connectivity index is 1.48. The van der Waals surface area contributed by atoms with Gasteiger partial charge in [0.2, 0.25) is 0 Å². The molecule has 5 heteroatoms. The highest BCUT2D eigenvalue weighted by molar-refractivity contribution is 6.02. The van der Waals surface area contributed by atoms with Crippen LogP contribution in [0.1, 0.15) is 29.3 Å². The van der Waals surface area contributed by atoms with Crippen LogP contribution in [0, 0.1) is 0 Å². The van der Waals surface area contributed by atoms with Gasteiger partial charge in [0.1, 0.15) is 0 Å². The van der Waals surface area contributed by atoms with Crippen LogP contribution >= 0.6 is 0 Å². The monoisotopic (exact) mass is 445 g/mol. The minimum atomic E-state index is -0.0120. The Hall–Kier alpha value is -2.73. The molecule has 1 saturated heterocycles. The molecule has 5 nitrogen and oxygen atoms in total. The number of carbonyl (C=O) groups excluding carboxylic acids is 1. The van der Waals surface area contributed by atoms with E-state index >= 15 is 0 Å². The van der Waals surface area contributed by atoms with Gasteiger partial charge in [0.25, 0.3) is 5.91 Å². The Bertz CT molecular complexity index is 1070. The van der Waals surface area contributed by atoms with Crippen LogP contribution in [-0.4, -0.2) is 68.7 Å². The van der Waals surface area contributed by atoms with Gasteiger partial charge in [-0.05, 0) is 60.1 Å². The van der Waals surface area contributed by atoms with Crippen LogP contribution in [0.2, 0.25) is 0 Å². The zero-order valence-electron chi connectivity index (χ0n) is 20.0. The number of nitrogens with one attached hydrogen (secondary N) is 1. The van der Waals surface area contributed by atoms with E-state index in [-0.39, 0.29) is 5.91 Å². The molecule has 1 fully saturated rings. The Morgan fingerprint density at radius 1 is 1.06 bits per heavy atom. The lowest BCUT2D eigenvalue weighted by atomic mass is 9.96. The Morgan fingerprint density at radius 3 is 2.52 bits per heavy atom. The summed E-state index contributed by atoms with van der Waals surface area (Å²) in [6.45, 7) is 7.18. The lowest BCUT2D eigenvalue weighted by Crippen LogP contribution is -2.48. The normalized spacial score (nSPS) is 15.6. The van der Waals surface area contributed by atoms with Gasteiger partial charge in [0, 0.05) is 37.8 Å². The average molecular weight is 446 g/mol. The highest BCUT2D eigenvalue weighted by Crippen LogP contribution is 2.29. The number of benzene rings is 3. The van der Waals surface area contributed by atoms with Crippen LogP contribution in [-0.2, 0) is 11.3 Å². The molecule has 33 heavy (non-hydrogen) atoms. The van der Waals surface area contributed by atoms with Crippen molar-refractivity contribution in [3.63, 3.8) is 0 Å². The van der Waals surface area contributed by atoms with Gasteiger partial charge in [-0.15, -0.1) is 0 Å². The fourth-order valence-corrected chi connectivity index (χ4v) is 4.62. The van der Waals surface area contributed by atoms with E-state index < -0.39 is 0 Å². The van der Waals surface area contributed by atoms with Gasteiger partial charge in [-0.3, -0.25) is 9.69 Å². The SMILES string of the molecule is CCC(CNC(=O)c1ccc2c(-c3ccc(CN(C)C)cc3)cccc2c1)N1CCOCC1. The second-order valence-electron chi connectivity index (χ2n) is 9.10. The van der Waals surface area contributed by atoms with Crippen molar-refractivity contribution in [2.24, 2.45) is 0 Å². The molecule has 1 atom stereocenters. The second kappa shape index (κ2) is 10.9. The summed E-state index contributed by atoms with van der Waals surface area (Å²) >= 11 is 0. The molecule has 1 aliphatic heterocycles. The molecule has 0 aliphatic carbocycles. The minimum Gasteiger partial charge on any atom is -0.379 e. The maximum Gasteiger partial charge on any atom is 0.251 e. The first-order valence-corrected chi connectivity index (χ1v) is 11.9. The van der Waals surface area contributed by atoms with Crippen molar-refractivity contribution in [2.75, 3.05) is 46.9 Å². The molecule has 1 N–H and O–H groups in total. The summed E-state index contributed by atoms with van der Waals surface area (Å²) in [5.41, 5.74) is 4.38. The summed E-state index contributed by atoms with van der Waals surface area (Å²) in [5.74, 6) is -0.0120. The van der Waals surface area contributed by atoms with Gasteiger partial charge in [0.15, 0.2) is 0 Å². The number of nitrogens with zero attached hydrogens (tertiary/aromatic N) is 2. The van der Waals surface area contributed by atoms with Crippen LogP contribution in [0.4, 0.5) is 0 Å². The topological polar surface area (TPSA) is 44.8 Å². The minimum absolute atomic E-state index is 0.0120. The van der Waals surface area contributed by atoms with E-state index in [0.29, 0.717) is 18.2 Å². The van der Waals surface area contributed by atoms with E-state index in [1.165, 1.54) is 16.7 Å². The van der Waals surface area contributed by atoms with E-state index in [4.69, 9.17) is 4.74 Å². The Morgan fingerprint density at radius 2 is 1.82 bits per heavy atom. The van der Waals surface area contributed by atoms with E-state index in [9.17, 15) is 4.79 Å². The quantitative estimate of drug-likeness (QED) is 0.558. The zero-order chi connectivity index (χ0) is 23.2. The summed E-state index contributed by atoms with van der Waals surface area (Å²) in [6, 6.07) is 21.4. The Labute approximate surface area is 197 Å². The highest BCUT2D eigenvalue weighted by Gasteiger charge is 2.20.